The minimum absolute atomic E-state index is 0.271. The van der Waals surface area contributed by atoms with Crippen LogP contribution in [0.5, 0.6) is 0 Å². The van der Waals surface area contributed by atoms with Crippen LogP contribution in [0.4, 0.5) is 4.39 Å². The fourth-order valence-corrected chi connectivity index (χ4v) is 2.40. The first-order chi connectivity index (χ1) is 9.22. The van der Waals surface area contributed by atoms with E-state index in [1.807, 2.05) is 24.3 Å². The molecule has 0 bridgehead atoms. The van der Waals surface area contributed by atoms with E-state index in [0.29, 0.717) is 19.6 Å². The van der Waals surface area contributed by atoms with Crippen LogP contribution in [0.25, 0.3) is 0 Å². The Labute approximate surface area is 111 Å². The maximum absolute atomic E-state index is 13.1. The molecule has 1 aliphatic rings. The highest BCUT2D eigenvalue weighted by atomic mass is 19.1. The standard InChI is InChI=1S/C16H15FO2/c17-15-3-1-2-11(6-15)7-16(18)12-4-5-13-9-19-10-14(13)8-12/h1-6,8,16,18H,7,9-10H2. The van der Waals surface area contributed by atoms with E-state index in [4.69, 9.17) is 4.74 Å². The zero-order valence-electron chi connectivity index (χ0n) is 10.5. The Bertz CT molecular complexity index is 595. The van der Waals surface area contributed by atoms with Crippen molar-refractivity contribution in [3.8, 4) is 0 Å². The summed E-state index contributed by atoms with van der Waals surface area (Å²) >= 11 is 0. The van der Waals surface area contributed by atoms with E-state index in [0.717, 1.165) is 16.7 Å². The molecule has 0 saturated carbocycles. The fourth-order valence-electron chi connectivity index (χ4n) is 2.40. The number of halogens is 1. The highest BCUT2D eigenvalue weighted by Gasteiger charge is 2.15. The number of hydrogen-bond acceptors (Lipinski definition) is 2. The molecule has 2 aromatic rings. The monoisotopic (exact) mass is 258 g/mol. The number of aliphatic hydroxyl groups is 1. The van der Waals surface area contributed by atoms with Crippen LogP contribution in [-0.2, 0) is 24.4 Å². The summed E-state index contributed by atoms with van der Waals surface area (Å²) in [5.41, 5.74) is 3.97. The van der Waals surface area contributed by atoms with Gasteiger partial charge in [0.2, 0.25) is 0 Å². The largest absolute Gasteiger partial charge is 0.388 e. The van der Waals surface area contributed by atoms with Crippen molar-refractivity contribution >= 4 is 0 Å². The van der Waals surface area contributed by atoms with Crippen LogP contribution in [0.2, 0.25) is 0 Å². The van der Waals surface area contributed by atoms with Gasteiger partial charge in [0.25, 0.3) is 0 Å². The molecule has 0 radical (unpaired) electrons. The number of rotatable bonds is 3. The Morgan fingerprint density at radius 3 is 2.79 bits per heavy atom. The Balaban J connectivity index is 1.78. The highest BCUT2D eigenvalue weighted by molar-refractivity contribution is 5.34. The number of aliphatic hydroxyl groups excluding tert-OH is 1. The average Bonchev–Trinajstić information content (AvgIpc) is 2.85. The second-order valence-electron chi connectivity index (χ2n) is 4.87. The summed E-state index contributed by atoms with van der Waals surface area (Å²) in [6, 6.07) is 12.2. The molecule has 0 aromatic heterocycles. The number of benzene rings is 2. The molecule has 1 unspecified atom stereocenters. The first kappa shape index (κ1) is 12.3. The molecule has 0 amide bonds. The van der Waals surface area contributed by atoms with Gasteiger partial charge in [-0.15, -0.1) is 0 Å². The van der Waals surface area contributed by atoms with Crippen molar-refractivity contribution in [2.75, 3.05) is 0 Å². The molecule has 1 N–H and O–H groups in total. The van der Waals surface area contributed by atoms with E-state index in [9.17, 15) is 9.50 Å². The van der Waals surface area contributed by atoms with Crippen LogP contribution >= 0.6 is 0 Å². The van der Waals surface area contributed by atoms with Crippen LogP contribution in [0.1, 0.15) is 28.4 Å². The SMILES string of the molecule is OC(Cc1cccc(F)c1)c1ccc2c(c1)COC2. The topological polar surface area (TPSA) is 29.5 Å². The van der Waals surface area contributed by atoms with Gasteiger partial charge in [-0.1, -0.05) is 30.3 Å². The molecule has 98 valence electrons. The van der Waals surface area contributed by atoms with Crippen molar-refractivity contribution in [2.45, 2.75) is 25.7 Å². The van der Waals surface area contributed by atoms with Gasteiger partial charge in [-0.3, -0.25) is 0 Å². The summed E-state index contributed by atoms with van der Waals surface area (Å²) in [7, 11) is 0. The lowest BCUT2D eigenvalue weighted by Crippen LogP contribution is -2.03. The zero-order valence-corrected chi connectivity index (χ0v) is 10.5. The molecule has 1 aliphatic heterocycles. The second kappa shape index (κ2) is 5.11. The summed E-state index contributed by atoms with van der Waals surface area (Å²) in [6.07, 6.45) is -0.204. The molecule has 3 rings (SSSR count). The summed E-state index contributed by atoms with van der Waals surface area (Å²) in [6.45, 7) is 1.26. The molecule has 0 aliphatic carbocycles. The molecule has 0 saturated heterocycles. The lowest BCUT2D eigenvalue weighted by molar-refractivity contribution is 0.134. The van der Waals surface area contributed by atoms with E-state index < -0.39 is 6.10 Å². The van der Waals surface area contributed by atoms with Crippen molar-refractivity contribution in [1.29, 1.82) is 0 Å². The predicted octanol–water partition coefficient (Wildman–Crippen LogP) is 3.13. The number of ether oxygens (including phenoxy) is 1. The molecule has 2 aromatic carbocycles. The minimum atomic E-state index is -0.618. The summed E-state index contributed by atoms with van der Waals surface area (Å²) < 4.78 is 18.5. The first-order valence-electron chi connectivity index (χ1n) is 6.34. The van der Waals surface area contributed by atoms with Gasteiger partial charge in [-0.25, -0.2) is 4.39 Å². The van der Waals surface area contributed by atoms with Crippen LogP contribution in [0, 0.1) is 5.82 Å². The van der Waals surface area contributed by atoms with Crippen molar-refractivity contribution in [2.24, 2.45) is 0 Å². The van der Waals surface area contributed by atoms with E-state index in [-0.39, 0.29) is 5.82 Å². The Morgan fingerprint density at radius 2 is 1.95 bits per heavy atom. The van der Waals surface area contributed by atoms with E-state index in [1.165, 1.54) is 17.7 Å². The van der Waals surface area contributed by atoms with Crippen molar-refractivity contribution in [1.82, 2.24) is 0 Å². The van der Waals surface area contributed by atoms with Gasteiger partial charge in [0.05, 0.1) is 19.3 Å². The van der Waals surface area contributed by atoms with Crippen LogP contribution < -0.4 is 0 Å². The quantitative estimate of drug-likeness (QED) is 0.916. The predicted molar refractivity (Wildman–Crippen MR) is 70.0 cm³/mol. The highest BCUT2D eigenvalue weighted by Crippen LogP contribution is 2.25. The molecular formula is C16H15FO2. The summed E-state index contributed by atoms with van der Waals surface area (Å²) in [4.78, 5) is 0. The Morgan fingerprint density at radius 1 is 1.11 bits per heavy atom. The van der Waals surface area contributed by atoms with Crippen molar-refractivity contribution in [3.05, 3.63) is 70.5 Å². The summed E-state index contributed by atoms with van der Waals surface area (Å²) in [5, 5.41) is 10.2. The third-order valence-electron chi connectivity index (χ3n) is 3.45. The average molecular weight is 258 g/mol. The molecule has 1 atom stereocenters. The van der Waals surface area contributed by atoms with Gasteiger partial charge in [-0.2, -0.15) is 0 Å². The normalized spacial score (nSPS) is 15.3. The van der Waals surface area contributed by atoms with Gasteiger partial charge in [0.15, 0.2) is 0 Å². The Hall–Kier alpha value is -1.71. The lowest BCUT2D eigenvalue weighted by Gasteiger charge is -2.12. The van der Waals surface area contributed by atoms with Gasteiger partial charge >= 0.3 is 0 Å². The first-order valence-corrected chi connectivity index (χ1v) is 6.34. The molecule has 19 heavy (non-hydrogen) atoms. The van der Waals surface area contributed by atoms with Gasteiger partial charge in [0.1, 0.15) is 5.82 Å². The number of fused-ring (bicyclic) bond motifs is 1. The van der Waals surface area contributed by atoms with E-state index in [1.54, 1.807) is 6.07 Å². The fraction of sp³-hybridized carbons (Fsp3) is 0.250. The van der Waals surface area contributed by atoms with E-state index in [2.05, 4.69) is 0 Å². The maximum Gasteiger partial charge on any atom is 0.123 e. The number of hydrogen-bond donors (Lipinski definition) is 1. The minimum Gasteiger partial charge on any atom is -0.388 e. The van der Waals surface area contributed by atoms with Gasteiger partial charge in [-0.05, 0) is 34.4 Å². The van der Waals surface area contributed by atoms with Crippen LogP contribution in [-0.4, -0.2) is 5.11 Å². The summed E-state index contributed by atoms with van der Waals surface area (Å²) in [5.74, 6) is -0.271. The lowest BCUT2D eigenvalue weighted by atomic mass is 9.98. The van der Waals surface area contributed by atoms with Crippen molar-refractivity contribution < 1.29 is 14.2 Å². The van der Waals surface area contributed by atoms with Crippen LogP contribution in [0.15, 0.2) is 42.5 Å². The molecule has 3 heteroatoms. The van der Waals surface area contributed by atoms with Crippen molar-refractivity contribution in [3.63, 3.8) is 0 Å². The zero-order chi connectivity index (χ0) is 13.2. The molecule has 0 spiro atoms. The van der Waals surface area contributed by atoms with Gasteiger partial charge in [0, 0.05) is 6.42 Å². The molecular weight excluding hydrogens is 243 g/mol. The van der Waals surface area contributed by atoms with E-state index >= 15 is 0 Å². The molecule has 2 nitrogen and oxygen atoms in total. The Kier molecular flexibility index (Phi) is 3.32. The maximum atomic E-state index is 13.1. The third kappa shape index (κ3) is 2.67. The molecule has 0 fully saturated rings. The third-order valence-corrected chi connectivity index (χ3v) is 3.45. The smallest absolute Gasteiger partial charge is 0.123 e. The van der Waals surface area contributed by atoms with Gasteiger partial charge < -0.3 is 9.84 Å². The van der Waals surface area contributed by atoms with Crippen LogP contribution in [0.3, 0.4) is 0 Å². The second-order valence-corrected chi connectivity index (χ2v) is 4.87. The molecule has 1 heterocycles.